The van der Waals surface area contributed by atoms with Crippen molar-refractivity contribution in [2.75, 3.05) is 13.1 Å². The zero-order valence-electron chi connectivity index (χ0n) is 14.0. The van der Waals surface area contributed by atoms with E-state index in [1.807, 2.05) is 0 Å². The van der Waals surface area contributed by atoms with Crippen molar-refractivity contribution in [3.63, 3.8) is 0 Å². The summed E-state index contributed by atoms with van der Waals surface area (Å²) in [6.07, 6.45) is -0.0182. The lowest BCUT2D eigenvalue weighted by Gasteiger charge is -2.25. The van der Waals surface area contributed by atoms with Gasteiger partial charge in [-0.1, -0.05) is 61.9 Å². The Kier molecular flexibility index (Phi) is 4.49. The molecular formula is C20H24N2O. The van der Waals surface area contributed by atoms with Crippen LogP contribution in [0.3, 0.4) is 0 Å². The number of rotatable bonds is 4. The van der Waals surface area contributed by atoms with Gasteiger partial charge >= 0.3 is 0 Å². The minimum absolute atomic E-state index is 0.0182. The second kappa shape index (κ2) is 6.55. The maximum Gasteiger partial charge on any atom is 0.235 e. The predicted octanol–water partition coefficient (Wildman–Crippen LogP) is 3.75. The number of carbonyl (C=O) groups is 1. The number of benzene rings is 2. The zero-order valence-corrected chi connectivity index (χ0v) is 14.0. The molecule has 2 aromatic carbocycles. The molecule has 0 spiro atoms. The van der Waals surface area contributed by atoms with Crippen LogP contribution in [0, 0.1) is 12.8 Å². The fourth-order valence-electron chi connectivity index (χ4n) is 3.13. The summed E-state index contributed by atoms with van der Waals surface area (Å²) in [6, 6.07) is 17.0. The highest BCUT2D eigenvalue weighted by atomic mass is 16.2. The highest BCUT2D eigenvalue weighted by Crippen LogP contribution is 2.27. The molecular weight excluding hydrogens is 284 g/mol. The van der Waals surface area contributed by atoms with Crippen molar-refractivity contribution in [2.45, 2.75) is 26.9 Å². The normalized spacial score (nSPS) is 18.4. The Morgan fingerprint density at radius 3 is 2.57 bits per heavy atom. The molecule has 23 heavy (non-hydrogen) atoms. The van der Waals surface area contributed by atoms with E-state index in [4.69, 9.17) is 0 Å². The lowest BCUT2D eigenvalue weighted by molar-refractivity contribution is -0.118. The fourth-order valence-corrected chi connectivity index (χ4v) is 3.13. The van der Waals surface area contributed by atoms with Gasteiger partial charge in [0, 0.05) is 6.54 Å². The van der Waals surface area contributed by atoms with Crippen LogP contribution in [0.2, 0.25) is 0 Å². The van der Waals surface area contributed by atoms with Gasteiger partial charge in [-0.25, -0.2) is 0 Å². The van der Waals surface area contributed by atoms with Crippen molar-refractivity contribution >= 4 is 5.91 Å². The number of carbonyl (C=O) groups excluding carboxylic acids is 1. The van der Waals surface area contributed by atoms with Crippen LogP contribution in [-0.4, -0.2) is 23.9 Å². The Bertz CT molecular complexity index is 691. The van der Waals surface area contributed by atoms with Crippen LogP contribution in [0.25, 0.3) is 11.1 Å². The van der Waals surface area contributed by atoms with E-state index < -0.39 is 0 Å². The second-order valence-corrected chi connectivity index (χ2v) is 6.78. The molecule has 1 unspecified atom stereocenters. The van der Waals surface area contributed by atoms with Gasteiger partial charge in [-0.2, -0.15) is 0 Å². The summed E-state index contributed by atoms with van der Waals surface area (Å²) in [5.41, 5.74) is 4.80. The molecule has 1 aliphatic heterocycles. The first kappa shape index (κ1) is 15.8. The number of aryl methyl sites for hydroxylation is 1. The molecule has 1 N–H and O–H groups in total. The van der Waals surface area contributed by atoms with Crippen LogP contribution in [-0.2, 0) is 4.79 Å². The first-order chi connectivity index (χ1) is 11.0. The first-order valence-corrected chi connectivity index (χ1v) is 8.23. The summed E-state index contributed by atoms with van der Waals surface area (Å²) in [5.74, 6) is 0.641. The Labute approximate surface area is 138 Å². The third kappa shape index (κ3) is 3.62. The van der Waals surface area contributed by atoms with Gasteiger partial charge in [-0.15, -0.1) is 0 Å². The van der Waals surface area contributed by atoms with Gasteiger partial charge in [0.15, 0.2) is 0 Å². The molecule has 1 atom stereocenters. The summed E-state index contributed by atoms with van der Waals surface area (Å²) in [7, 11) is 0. The molecule has 0 bridgehead atoms. The summed E-state index contributed by atoms with van der Waals surface area (Å²) < 4.78 is 0. The summed E-state index contributed by atoms with van der Waals surface area (Å²) in [4.78, 5) is 14.1. The fraction of sp³-hybridized carbons (Fsp3) is 0.350. The molecule has 0 aromatic heterocycles. The minimum Gasteiger partial charge on any atom is -0.335 e. The first-order valence-electron chi connectivity index (χ1n) is 8.23. The molecule has 1 aliphatic rings. The van der Waals surface area contributed by atoms with Gasteiger partial charge < -0.3 is 5.32 Å². The van der Waals surface area contributed by atoms with Crippen LogP contribution in [0.1, 0.15) is 31.1 Å². The third-order valence-corrected chi connectivity index (χ3v) is 4.20. The lowest BCUT2D eigenvalue weighted by Crippen LogP contribution is -2.30. The minimum atomic E-state index is -0.0182. The second-order valence-electron chi connectivity index (χ2n) is 6.78. The van der Waals surface area contributed by atoms with Crippen molar-refractivity contribution in [3.8, 4) is 11.1 Å². The quantitative estimate of drug-likeness (QED) is 0.933. The van der Waals surface area contributed by atoms with E-state index in [1.165, 1.54) is 16.7 Å². The van der Waals surface area contributed by atoms with Crippen molar-refractivity contribution in [1.29, 1.82) is 0 Å². The smallest absolute Gasteiger partial charge is 0.235 e. The van der Waals surface area contributed by atoms with Crippen LogP contribution >= 0.6 is 0 Å². The van der Waals surface area contributed by atoms with E-state index >= 15 is 0 Å². The molecule has 1 heterocycles. The maximum absolute atomic E-state index is 11.9. The highest BCUT2D eigenvalue weighted by Gasteiger charge is 2.31. The van der Waals surface area contributed by atoms with E-state index in [2.05, 4.69) is 79.5 Å². The number of hydrogen-bond donors (Lipinski definition) is 1. The Morgan fingerprint density at radius 1 is 1.13 bits per heavy atom. The van der Waals surface area contributed by atoms with Gasteiger partial charge in [-0.3, -0.25) is 9.69 Å². The van der Waals surface area contributed by atoms with Crippen molar-refractivity contribution < 1.29 is 4.79 Å². The molecule has 3 rings (SSSR count). The van der Waals surface area contributed by atoms with E-state index in [0.29, 0.717) is 12.5 Å². The number of amides is 1. The van der Waals surface area contributed by atoms with Crippen LogP contribution < -0.4 is 5.32 Å². The highest BCUT2D eigenvalue weighted by molar-refractivity contribution is 5.80. The van der Waals surface area contributed by atoms with Crippen molar-refractivity contribution in [1.82, 2.24) is 10.2 Å². The van der Waals surface area contributed by atoms with Crippen LogP contribution in [0.15, 0.2) is 48.5 Å². The average molecular weight is 308 g/mol. The molecule has 2 aromatic rings. The predicted molar refractivity (Wildman–Crippen MR) is 93.9 cm³/mol. The van der Waals surface area contributed by atoms with Gasteiger partial charge in [0.2, 0.25) is 5.91 Å². The van der Waals surface area contributed by atoms with Crippen molar-refractivity contribution in [2.24, 2.45) is 5.92 Å². The molecule has 1 fully saturated rings. The van der Waals surface area contributed by atoms with Gasteiger partial charge in [0.05, 0.1) is 6.54 Å². The lowest BCUT2D eigenvalue weighted by atomic mass is 10.0. The number of nitrogens with zero attached hydrogens (tertiary/aromatic N) is 1. The van der Waals surface area contributed by atoms with Crippen LogP contribution in [0.4, 0.5) is 0 Å². The number of nitrogens with one attached hydrogen (secondary N) is 1. The zero-order chi connectivity index (χ0) is 16.4. The van der Waals surface area contributed by atoms with Crippen molar-refractivity contribution in [3.05, 3.63) is 59.7 Å². The molecule has 1 saturated heterocycles. The van der Waals surface area contributed by atoms with E-state index in [9.17, 15) is 4.79 Å². The summed E-state index contributed by atoms with van der Waals surface area (Å²) >= 11 is 0. The molecule has 120 valence electrons. The largest absolute Gasteiger partial charge is 0.335 e. The van der Waals surface area contributed by atoms with E-state index in [1.54, 1.807) is 0 Å². The summed E-state index contributed by atoms with van der Waals surface area (Å²) in [5, 5.41) is 3.10. The Balaban J connectivity index is 1.89. The van der Waals surface area contributed by atoms with Gasteiger partial charge in [0.25, 0.3) is 0 Å². The molecule has 3 nitrogen and oxygen atoms in total. The average Bonchev–Trinajstić information content (AvgIpc) is 2.88. The monoisotopic (exact) mass is 308 g/mol. The van der Waals surface area contributed by atoms with Gasteiger partial charge in [0.1, 0.15) is 6.17 Å². The van der Waals surface area contributed by atoms with Gasteiger partial charge in [-0.05, 0) is 35.6 Å². The molecule has 0 saturated carbocycles. The molecule has 0 aliphatic carbocycles. The Morgan fingerprint density at radius 2 is 1.87 bits per heavy atom. The maximum atomic E-state index is 11.9. The Hall–Kier alpha value is -2.13. The molecule has 3 heteroatoms. The van der Waals surface area contributed by atoms with E-state index in [-0.39, 0.29) is 12.1 Å². The van der Waals surface area contributed by atoms with E-state index in [0.717, 1.165) is 12.1 Å². The summed E-state index contributed by atoms with van der Waals surface area (Å²) in [6.45, 7) is 7.86. The van der Waals surface area contributed by atoms with Crippen LogP contribution in [0.5, 0.6) is 0 Å². The number of hydrogen-bond acceptors (Lipinski definition) is 2. The molecule has 0 radical (unpaired) electrons. The topological polar surface area (TPSA) is 32.3 Å². The standard InChI is InChI=1S/C20H24N2O/c1-14(2)12-22-13-19(23)21-20(22)18-6-4-5-17(11-18)16-9-7-15(3)8-10-16/h4-11,14,20H,12-13H2,1-3H3,(H,21,23). The SMILES string of the molecule is Cc1ccc(-c2cccc(C3NC(=O)CN3CC(C)C)c2)cc1. The third-order valence-electron chi connectivity index (χ3n) is 4.20. The molecule has 1 amide bonds.